The Morgan fingerprint density at radius 1 is 1.03 bits per heavy atom. The Morgan fingerprint density at radius 2 is 1.79 bits per heavy atom. The number of H-pyrrole nitrogens is 1. The van der Waals surface area contributed by atoms with Crippen LogP contribution in [0.3, 0.4) is 0 Å². The van der Waals surface area contributed by atoms with Crippen molar-refractivity contribution in [3.8, 4) is 5.69 Å². The summed E-state index contributed by atoms with van der Waals surface area (Å²) in [6, 6.07) is 6.48. The molecule has 7 heteroatoms. The molecule has 1 aliphatic rings. The number of aromatic amines is 1. The molecule has 0 spiro atoms. The number of aromatic nitrogens is 6. The van der Waals surface area contributed by atoms with Gasteiger partial charge < -0.3 is 9.88 Å². The molecular formula is C22H23N7. The molecule has 0 unspecified atom stereocenters. The van der Waals surface area contributed by atoms with Gasteiger partial charge in [-0.1, -0.05) is 12.2 Å². The van der Waals surface area contributed by atoms with Crippen molar-refractivity contribution < 1.29 is 0 Å². The van der Waals surface area contributed by atoms with Gasteiger partial charge in [0.15, 0.2) is 0 Å². The maximum absolute atomic E-state index is 4.93. The van der Waals surface area contributed by atoms with Crippen molar-refractivity contribution in [3.63, 3.8) is 0 Å². The number of hydrogen-bond donors (Lipinski definition) is 1. The Balaban J connectivity index is 1.62. The lowest BCUT2D eigenvalue weighted by molar-refractivity contribution is 0.677. The van der Waals surface area contributed by atoms with E-state index in [9.17, 15) is 0 Å². The molecule has 0 aliphatic carbocycles. The van der Waals surface area contributed by atoms with Crippen LogP contribution in [0.2, 0.25) is 0 Å². The molecule has 1 aromatic carbocycles. The van der Waals surface area contributed by atoms with Crippen molar-refractivity contribution in [1.29, 1.82) is 0 Å². The van der Waals surface area contributed by atoms with Crippen LogP contribution in [0, 0.1) is 20.8 Å². The second-order valence-electron chi connectivity index (χ2n) is 7.81. The molecule has 29 heavy (non-hydrogen) atoms. The van der Waals surface area contributed by atoms with E-state index in [0.29, 0.717) is 0 Å². The molecule has 4 aromatic rings. The summed E-state index contributed by atoms with van der Waals surface area (Å²) in [5.74, 6) is 0.956. The number of pyridine rings is 1. The van der Waals surface area contributed by atoms with Gasteiger partial charge in [-0.15, -0.1) is 4.80 Å². The Kier molecular flexibility index (Phi) is 3.97. The standard InChI is InChI=1S/C22H23N7/c1-13-7-20(22-26-17-8-14(2)15(3)9-18(17)27-22)28(12-13)19-10-16(4)23-11-21(19)29-24-5-6-25-29/h5-6,8-11,20H,1,7,12H2,2-4H3,(H,26,27)/t20-/m0/s1. The van der Waals surface area contributed by atoms with Crippen LogP contribution < -0.4 is 4.90 Å². The first-order valence-electron chi connectivity index (χ1n) is 9.73. The number of anilines is 1. The zero-order chi connectivity index (χ0) is 20.1. The van der Waals surface area contributed by atoms with E-state index in [0.717, 1.165) is 46.9 Å². The molecule has 0 saturated carbocycles. The number of aryl methyl sites for hydroxylation is 3. The Hall–Kier alpha value is -3.48. The fraction of sp³-hybridized carbons (Fsp3) is 0.273. The molecule has 1 fully saturated rings. The number of imidazole rings is 1. The van der Waals surface area contributed by atoms with Crippen LogP contribution in [-0.2, 0) is 0 Å². The number of benzene rings is 1. The van der Waals surface area contributed by atoms with Crippen LogP contribution >= 0.6 is 0 Å². The van der Waals surface area contributed by atoms with E-state index in [2.05, 4.69) is 63.7 Å². The van der Waals surface area contributed by atoms with Gasteiger partial charge in [0, 0.05) is 12.2 Å². The topological polar surface area (TPSA) is 75.5 Å². The zero-order valence-corrected chi connectivity index (χ0v) is 16.8. The predicted octanol–water partition coefficient (Wildman–Crippen LogP) is 3.97. The summed E-state index contributed by atoms with van der Waals surface area (Å²) in [6.07, 6.45) is 6.03. The number of nitrogens with one attached hydrogen (secondary N) is 1. The van der Waals surface area contributed by atoms with Gasteiger partial charge in [0.1, 0.15) is 11.5 Å². The van der Waals surface area contributed by atoms with Crippen molar-refractivity contribution in [2.24, 2.45) is 0 Å². The van der Waals surface area contributed by atoms with E-state index in [4.69, 9.17) is 4.98 Å². The van der Waals surface area contributed by atoms with Crippen LogP contribution in [-0.4, -0.2) is 36.5 Å². The number of hydrogen-bond acceptors (Lipinski definition) is 5. The first-order chi connectivity index (χ1) is 14.0. The quantitative estimate of drug-likeness (QED) is 0.540. The highest BCUT2D eigenvalue weighted by atomic mass is 15.5. The highest BCUT2D eigenvalue weighted by Gasteiger charge is 2.33. The summed E-state index contributed by atoms with van der Waals surface area (Å²) in [5, 5.41) is 8.62. The molecule has 0 bridgehead atoms. The Bertz CT molecular complexity index is 1180. The minimum Gasteiger partial charge on any atom is -0.355 e. The number of nitrogens with zero attached hydrogens (tertiary/aromatic N) is 6. The van der Waals surface area contributed by atoms with Crippen molar-refractivity contribution in [1.82, 2.24) is 29.9 Å². The molecule has 1 saturated heterocycles. The third-order valence-electron chi connectivity index (χ3n) is 5.63. The highest BCUT2D eigenvalue weighted by molar-refractivity contribution is 5.77. The van der Waals surface area contributed by atoms with E-state index >= 15 is 0 Å². The zero-order valence-electron chi connectivity index (χ0n) is 16.8. The molecule has 1 aliphatic heterocycles. The summed E-state index contributed by atoms with van der Waals surface area (Å²) in [7, 11) is 0. The SMILES string of the molecule is C=C1C[C@@H](c2nc3cc(C)c(C)cc3[nH]2)N(c2cc(C)ncc2-n2nccn2)C1. The summed E-state index contributed by atoms with van der Waals surface area (Å²) >= 11 is 0. The van der Waals surface area contributed by atoms with Crippen LogP contribution in [0.5, 0.6) is 0 Å². The average molecular weight is 385 g/mol. The summed E-state index contributed by atoms with van der Waals surface area (Å²) in [5.41, 5.74) is 8.59. The molecular weight excluding hydrogens is 362 g/mol. The molecule has 1 atom stereocenters. The van der Waals surface area contributed by atoms with Gasteiger partial charge in [0.05, 0.1) is 41.4 Å². The summed E-state index contributed by atoms with van der Waals surface area (Å²) in [6.45, 7) is 11.3. The van der Waals surface area contributed by atoms with Crippen molar-refractivity contribution >= 4 is 16.7 Å². The minimum atomic E-state index is 0.0756. The van der Waals surface area contributed by atoms with Gasteiger partial charge in [-0.3, -0.25) is 4.98 Å². The minimum absolute atomic E-state index is 0.0756. The van der Waals surface area contributed by atoms with E-state index < -0.39 is 0 Å². The average Bonchev–Trinajstić information content (AvgIpc) is 3.41. The normalized spacial score (nSPS) is 16.9. The Morgan fingerprint density at radius 3 is 2.59 bits per heavy atom. The molecule has 146 valence electrons. The lowest BCUT2D eigenvalue weighted by atomic mass is 10.1. The number of fused-ring (bicyclic) bond motifs is 1. The van der Waals surface area contributed by atoms with Crippen molar-refractivity contribution in [2.45, 2.75) is 33.2 Å². The van der Waals surface area contributed by atoms with Crippen LogP contribution in [0.25, 0.3) is 16.7 Å². The second-order valence-corrected chi connectivity index (χ2v) is 7.81. The lowest BCUT2D eigenvalue weighted by Crippen LogP contribution is -2.25. The van der Waals surface area contributed by atoms with E-state index in [1.54, 1.807) is 17.2 Å². The first kappa shape index (κ1) is 17.6. The molecule has 0 radical (unpaired) electrons. The van der Waals surface area contributed by atoms with Gasteiger partial charge in [0.25, 0.3) is 0 Å². The largest absolute Gasteiger partial charge is 0.355 e. The van der Waals surface area contributed by atoms with Crippen LogP contribution in [0.4, 0.5) is 5.69 Å². The summed E-state index contributed by atoms with van der Waals surface area (Å²) < 4.78 is 0. The molecule has 1 N–H and O–H groups in total. The number of rotatable bonds is 3. The predicted molar refractivity (Wildman–Crippen MR) is 113 cm³/mol. The second kappa shape index (κ2) is 6.55. The molecule has 3 aromatic heterocycles. The molecule has 5 rings (SSSR count). The fourth-order valence-electron chi connectivity index (χ4n) is 4.01. The van der Waals surface area contributed by atoms with E-state index in [-0.39, 0.29) is 6.04 Å². The van der Waals surface area contributed by atoms with Gasteiger partial charge in [-0.25, -0.2) is 4.98 Å². The summed E-state index contributed by atoms with van der Waals surface area (Å²) in [4.78, 5) is 16.9. The van der Waals surface area contributed by atoms with Gasteiger partial charge >= 0.3 is 0 Å². The first-order valence-corrected chi connectivity index (χ1v) is 9.73. The Labute approximate surface area is 169 Å². The molecule has 0 amide bonds. The van der Waals surface area contributed by atoms with E-state index in [1.807, 2.05) is 13.1 Å². The maximum Gasteiger partial charge on any atom is 0.130 e. The van der Waals surface area contributed by atoms with Crippen molar-refractivity contribution in [3.05, 3.63) is 71.6 Å². The molecule has 7 nitrogen and oxygen atoms in total. The van der Waals surface area contributed by atoms with E-state index in [1.165, 1.54) is 16.7 Å². The lowest BCUT2D eigenvalue weighted by Gasteiger charge is -2.27. The monoisotopic (exact) mass is 385 g/mol. The third kappa shape index (κ3) is 2.99. The smallest absolute Gasteiger partial charge is 0.130 e. The molecule has 4 heterocycles. The highest BCUT2D eigenvalue weighted by Crippen LogP contribution is 2.40. The van der Waals surface area contributed by atoms with Crippen LogP contribution in [0.15, 0.2) is 48.9 Å². The van der Waals surface area contributed by atoms with Gasteiger partial charge in [0.2, 0.25) is 0 Å². The third-order valence-corrected chi connectivity index (χ3v) is 5.63. The van der Waals surface area contributed by atoms with Crippen LogP contribution in [0.1, 0.15) is 35.1 Å². The maximum atomic E-state index is 4.93. The van der Waals surface area contributed by atoms with Gasteiger partial charge in [-0.2, -0.15) is 10.2 Å². The van der Waals surface area contributed by atoms with Gasteiger partial charge in [-0.05, 0) is 56.5 Å². The fourth-order valence-corrected chi connectivity index (χ4v) is 4.01. The van der Waals surface area contributed by atoms with Crippen molar-refractivity contribution in [2.75, 3.05) is 11.4 Å².